The summed E-state index contributed by atoms with van der Waals surface area (Å²) >= 11 is 0. The van der Waals surface area contributed by atoms with E-state index >= 15 is 0 Å². The summed E-state index contributed by atoms with van der Waals surface area (Å²) in [6, 6.07) is 14.8. The molecule has 0 aliphatic carbocycles. The number of aliphatic hydroxyl groups excluding tert-OH is 1. The molecule has 0 saturated carbocycles. The van der Waals surface area contributed by atoms with Gasteiger partial charge >= 0.3 is 6.03 Å². The summed E-state index contributed by atoms with van der Waals surface area (Å²) < 4.78 is 5.50. The number of aliphatic hydroxyl groups is 1. The number of nitrogens with zero attached hydrogens (tertiary/aromatic N) is 1. The highest BCUT2D eigenvalue weighted by Crippen LogP contribution is 2.18. The van der Waals surface area contributed by atoms with Crippen molar-refractivity contribution >= 4 is 11.7 Å². The lowest BCUT2D eigenvalue weighted by atomic mass is 10.0. The zero-order valence-corrected chi connectivity index (χ0v) is 17.7. The number of anilines is 1. The van der Waals surface area contributed by atoms with Crippen molar-refractivity contribution in [3.8, 4) is 11.5 Å². The molecular weight excluding hydrogens is 396 g/mol. The summed E-state index contributed by atoms with van der Waals surface area (Å²) in [6.07, 6.45) is 2.05. The first-order valence-corrected chi connectivity index (χ1v) is 10.7. The lowest BCUT2D eigenvalue weighted by molar-refractivity contribution is 0.106. The lowest BCUT2D eigenvalue weighted by Gasteiger charge is -2.31. The second kappa shape index (κ2) is 11.4. The van der Waals surface area contributed by atoms with Gasteiger partial charge in [-0.15, -0.1) is 0 Å². The number of hydrogen-bond acceptors (Lipinski definition) is 6. The van der Waals surface area contributed by atoms with Gasteiger partial charge in [-0.1, -0.05) is 12.1 Å². The van der Waals surface area contributed by atoms with Crippen molar-refractivity contribution in [2.45, 2.75) is 31.4 Å². The van der Waals surface area contributed by atoms with E-state index < -0.39 is 6.10 Å². The van der Waals surface area contributed by atoms with Gasteiger partial charge in [-0.3, -0.25) is 0 Å². The number of phenolic OH excluding ortho intramolecular Hbond substituents is 1. The van der Waals surface area contributed by atoms with E-state index in [0.717, 1.165) is 31.5 Å². The van der Waals surface area contributed by atoms with Gasteiger partial charge in [-0.05, 0) is 67.8 Å². The number of aromatic hydroxyl groups is 1. The van der Waals surface area contributed by atoms with E-state index in [1.54, 1.807) is 29.2 Å². The number of carbonyl (C=O) groups is 1. The van der Waals surface area contributed by atoms with Gasteiger partial charge in [0.25, 0.3) is 0 Å². The zero-order valence-electron chi connectivity index (χ0n) is 17.7. The Morgan fingerprint density at radius 1 is 1.13 bits per heavy atom. The normalized spacial score (nSPS) is 15.5. The first kappa shape index (κ1) is 22.7. The second-order valence-electron chi connectivity index (χ2n) is 7.85. The minimum atomic E-state index is -0.610. The Hall–Kier alpha value is -2.97. The minimum absolute atomic E-state index is 0.184. The molecule has 0 radical (unpaired) electrons. The van der Waals surface area contributed by atoms with Gasteiger partial charge in [0.1, 0.15) is 24.2 Å². The second-order valence-corrected chi connectivity index (χ2v) is 7.85. The van der Waals surface area contributed by atoms with E-state index in [9.17, 15) is 15.0 Å². The molecule has 31 heavy (non-hydrogen) atoms. The first-order valence-electron chi connectivity index (χ1n) is 10.7. The maximum atomic E-state index is 11.2. The van der Waals surface area contributed by atoms with Crippen molar-refractivity contribution < 1.29 is 19.7 Å². The molecule has 2 amide bonds. The van der Waals surface area contributed by atoms with Gasteiger partial charge in [-0.2, -0.15) is 0 Å². The molecule has 1 aliphatic rings. The van der Waals surface area contributed by atoms with E-state index in [1.165, 1.54) is 5.56 Å². The van der Waals surface area contributed by atoms with E-state index in [4.69, 9.17) is 10.5 Å². The number of nitrogens with one attached hydrogen (secondary N) is 2. The highest BCUT2D eigenvalue weighted by atomic mass is 16.5. The van der Waals surface area contributed by atoms with Gasteiger partial charge in [0.15, 0.2) is 0 Å². The number of primary amides is 1. The Morgan fingerprint density at radius 3 is 2.45 bits per heavy atom. The number of piperidine rings is 1. The van der Waals surface area contributed by atoms with Crippen LogP contribution in [-0.4, -0.2) is 66.1 Å². The van der Waals surface area contributed by atoms with Gasteiger partial charge < -0.3 is 36.2 Å². The predicted molar refractivity (Wildman–Crippen MR) is 120 cm³/mol. The van der Waals surface area contributed by atoms with Crippen LogP contribution in [0.25, 0.3) is 0 Å². The molecule has 1 heterocycles. The van der Waals surface area contributed by atoms with Crippen molar-refractivity contribution in [1.29, 1.82) is 0 Å². The van der Waals surface area contributed by atoms with E-state index in [-0.39, 0.29) is 18.4 Å². The molecule has 0 spiro atoms. The van der Waals surface area contributed by atoms with Crippen LogP contribution in [0.5, 0.6) is 11.5 Å². The van der Waals surface area contributed by atoms with Gasteiger partial charge in [-0.25, -0.2) is 4.79 Å². The van der Waals surface area contributed by atoms with Gasteiger partial charge in [0.2, 0.25) is 0 Å². The molecule has 8 heteroatoms. The van der Waals surface area contributed by atoms with E-state index in [2.05, 4.69) is 34.9 Å². The topological polar surface area (TPSA) is 120 Å². The minimum Gasteiger partial charge on any atom is -0.508 e. The number of amides is 2. The number of ether oxygens (including phenoxy) is 1. The summed E-state index contributed by atoms with van der Waals surface area (Å²) in [5.74, 6) is 0.799. The van der Waals surface area contributed by atoms with Crippen LogP contribution in [0.1, 0.15) is 18.4 Å². The number of urea groups is 1. The van der Waals surface area contributed by atoms with Crippen LogP contribution < -0.4 is 21.1 Å². The molecule has 2 aromatic rings. The van der Waals surface area contributed by atoms with Crippen molar-refractivity contribution in [2.75, 3.05) is 38.1 Å². The highest BCUT2D eigenvalue weighted by molar-refractivity contribution is 5.72. The van der Waals surface area contributed by atoms with Crippen molar-refractivity contribution in [1.82, 2.24) is 10.2 Å². The fourth-order valence-electron chi connectivity index (χ4n) is 3.54. The Kier molecular flexibility index (Phi) is 8.37. The number of likely N-dealkylation sites (tertiary alicyclic amines) is 1. The summed E-state index contributed by atoms with van der Waals surface area (Å²) in [5, 5.41) is 26.0. The molecule has 168 valence electrons. The molecule has 0 aromatic heterocycles. The average Bonchev–Trinajstić information content (AvgIpc) is 2.78. The van der Waals surface area contributed by atoms with Crippen LogP contribution in [0.3, 0.4) is 0 Å². The van der Waals surface area contributed by atoms with Crippen molar-refractivity contribution in [3.05, 3.63) is 54.1 Å². The third-order valence-corrected chi connectivity index (χ3v) is 5.38. The molecule has 0 unspecified atom stereocenters. The standard InChI is InChI=1S/C23H32N4O4/c24-23(30)27-13-10-19(11-14-27)26-18-3-1-17(2-4-18)9-12-25-15-21(29)16-31-22-7-5-20(28)6-8-22/h1-8,19,21,25-26,28-29H,9-16H2,(H2,24,30)/t21-/m0/s1. The Labute approximate surface area is 183 Å². The molecule has 0 bridgehead atoms. The molecule has 1 aliphatic heterocycles. The maximum Gasteiger partial charge on any atom is 0.314 e. The van der Waals surface area contributed by atoms with Crippen LogP contribution in [0.2, 0.25) is 0 Å². The Balaban J connectivity index is 1.29. The number of carbonyl (C=O) groups excluding carboxylic acids is 1. The molecule has 1 atom stereocenters. The summed E-state index contributed by atoms with van der Waals surface area (Å²) in [5.41, 5.74) is 7.62. The maximum absolute atomic E-state index is 11.2. The van der Waals surface area contributed by atoms with Crippen LogP contribution in [-0.2, 0) is 6.42 Å². The largest absolute Gasteiger partial charge is 0.508 e. The summed E-state index contributed by atoms with van der Waals surface area (Å²) in [4.78, 5) is 12.9. The molecule has 1 fully saturated rings. The van der Waals surface area contributed by atoms with Gasteiger partial charge in [0, 0.05) is 31.4 Å². The number of phenols is 1. The quantitative estimate of drug-likeness (QED) is 0.369. The molecule has 2 aromatic carbocycles. The fourth-order valence-corrected chi connectivity index (χ4v) is 3.54. The van der Waals surface area contributed by atoms with E-state index in [0.29, 0.717) is 31.4 Å². The van der Waals surface area contributed by atoms with Gasteiger partial charge in [0.05, 0.1) is 0 Å². The van der Waals surface area contributed by atoms with Crippen molar-refractivity contribution in [3.63, 3.8) is 0 Å². The third-order valence-electron chi connectivity index (χ3n) is 5.38. The molecular formula is C23H32N4O4. The third kappa shape index (κ3) is 7.66. The number of nitrogens with two attached hydrogens (primary N) is 1. The number of rotatable bonds is 10. The van der Waals surface area contributed by atoms with Crippen LogP contribution >= 0.6 is 0 Å². The smallest absolute Gasteiger partial charge is 0.314 e. The SMILES string of the molecule is NC(=O)N1CCC(Nc2ccc(CCNC[C@H](O)COc3ccc(O)cc3)cc2)CC1. The average molecular weight is 429 g/mol. The Bertz CT molecular complexity index is 805. The van der Waals surface area contributed by atoms with Crippen LogP contribution in [0, 0.1) is 0 Å². The fraction of sp³-hybridized carbons (Fsp3) is 0.435. The lowest BCUT2D eigenvalue weighted by Crippen LogP contribution is -2.44. The molecule has 8 nitrogen and oxygen atoms in total. The first-order chi connectivity index (χ1) is 15.0. The molecule has 3 rings (SSSR count). The van der Waals surface area contributed by atoms with Crippen molar-refractivity contribution in [2.24, 2.45) is 5.73 Å². The zero-order chi connectivity index (χ0) is 22.1. The molecule has 6 N–H and O–H groups in total. The Morgan fingerprint density at radius 2 is 1.81 bits per heavy atom. The van der Waals surface area contributed by atoms with Crippen LogP contribution in [0.15, 0.2) is 48.5 Å². The predicted octanol–water partition coefficient (Wildman–Crippen LogP) is 1.92. The monoisotopic (exact) mass is 428 g/mol. The highest BCUT2D eigenvalue weighted by Gasteiger charge is 2.20. The number of hydrogen-bond donors (Lipinski definition) is 5. The molecule has 1 saturated heterocycles. The van der Waals surface area contributed by atoms with Crippen LogP contribution in [0.4, 0.5) is 10.5 Å². The number of benzene rings is 2. The van der Waals surface area contributed by atoms with E-state index in [1.807, 2.05) is 0 Å². The summed E-state index contributed by atoms with van der Waals surface area (Å²) in [7, 11) is 0. The summed E-state index contributed by atoms with van der Waals surface area (Å²) in [6.45, 7) is 2.79.